The number of nitrogens with zero attached hydrogens (tertiary/aromatic N) is 3. The van der Waals surface area contributed by atoms with Crippen LogP contribution in [0.15, 0.2) is 47.6 Å². The smallest absolute Gasteiger partial charge is 0.191 e. The molecule has 2 atom stereocenters. The molecule has 1 fully saturated rings. The Bertz CT molecular complexity index is 821. The van der Waals surface area contributed by atoms with Crippen molar-refractivity contribution in [2.24, 2.45) is 4.99 Å². The molecule has 1 aliphatic rings. The molecule has 0 amide bonds. The molecule has 162 valence electrons. The van der Waals surface area contributed by atoms with E-state index in [1.165, 1.54) is 11.1 Å². The highest BCUT2D eigenvalue weighted by Gasteiger charge is 2.18. The van der Waals surface area contributed by atoms with Crippen LogP contribution >= 0.6 is 0 Å². The number of anilines is 1. The second kappa shape index (κ2) is 11.0. The molecule has 6 heteroatoms. The molecule has 2 unspecified atom stereocenters. The molecule has 0 aliphatic carbocycles. The van der Waals surface area contributed by atoms with Gasteiger partial charge in [-0.2, -0.15) is 0 Å². The SMILES string of the molecule is CCNC(=NCc1ccnc(N2CCOC(C)C2)c1)NCC(C)c1ccc(C)cc1. The van der Waals surface area contributed by atoms with E-state index < -0.39 is 0 Å². The zero-order chi connectivity index (χ0) is 21.3. The zero-order valence-corrected chi connectivity index (χ0v) is 18.7. The molecular weight excluding hydrogens is 374 g/mol. The topological polar surface area (TPSA) is 61.8 Å². The third-order valence-electron chi connectivity index (χ3n) is 5.36. The van der Waals surface area contributed by atoms with Crippen LogP contribution < -0.4 is 15.5 Å². The largest absolute Gasteiger partial charge is 0.375 e. The standard InChI is InChI=1S/C24H35N5O/c1-5-25-24(27-15-19(3)22-8-6-18(2)7-9-22)28-16-21-10-11-26-23(14-21)29-12-13-30-20(4)17-29/h6-11,14,19-20H,5,12-13,15-17H2,1-4H3,(H2,25,27,28). The fraction of sp³-hybridized carbons (Fsp3) is 0.500. The summed E-state index contributed by atoms with van der Waals surface area (Å²) in [6, 6.07) is 12.9. The summed E-state index contributed by atoms with van der Waals surface area (Å²) in [5.41, 5.74) is 3.78. The van der Waals surface area contributed by atoms with Gasteiger partial charge in [0.2, 0.25) is 0 Å². The normalized spacial score (nSPS) is 18.2. The molecule has 0 saturated carbocycles. The third kappa shape index (κ3) is 6.46. The Morgan fingerprint density at radius 2 is 2.07 bits per heavy atom. The molecule has 1 aliphatic heterocycles. The molecule has 1 aromatic carbocycles. The highest BCUT2D eigenvalue weighted by Crippen LogP contribution is 2.17. The predicted octanol–water partition coefficient (Wildman–Crippen LogP) is 3.47. The van der Waals surface area contributed by atoms with E-state index >= 15 is 0 Å². The minimum absolute atomic E-state index is 0.238. The maximum Gasteiger partial charge on any atom is 0.191 e. The molecule has 1 aromatic heterocycles. The number of aromatic nitrogens is 1. The number of aryl methyl sites for hydroxylation is 1. The van der Waals surface area contributed by atoms with E-state index in [1.807, 2.05) is 12.3 Å². The number of rotatable bonds is 7. The number of morpholine rings is 1. The van der Waals surface area contributed by atoms with Crippen molar-refractivity contribution >= 4 is 11.8 Å². The summed E-state index contributed by atoms with van der Waals surface area (Å²) in [6.07, 6.45) is 2.11. The van der Waals surface area contributed by atoms with E-state index in [0.717, 1.165) is 50.1 Å². The summed E-state index contributed by atoms with van der Waals surface area (Å²) in [5, 5.41) is 6.83. The average molecular weight is 410 g/mol. The van der Waals surface area contributed by atoms with Gasteiger partial charge in [-0.05, 0) is 49.9 Å². The highest BCUT2D eigenvalue weighted by atomic mass is 16.5. The van der Waals surface area contributed by atoms with Gasteiger partial charge in [-0.15, -0.1) is 0 Å². The van der Waals surface area contributed by atoms with Gasteiger partial charge in [0.15, 0.2) is 5.96 Å². The van der Waals surface area contributed by atoms with Crippen LogP contribution in [0.3, 0.4) is 0 Å². The van der Waals surface area contributed by atoms with Gasteiger partial charge in [0, 0.05) is 32.4 Å². The first-order valence-electron chi connectivity index (χ1n) is 11.0. The molecule has 3 rings (SSSR count). The fourth-order valence-corrected chi connectivity index (χ4v) is 3.53. The Morgan fingerprint density at radius 3 is 2.80 bits per heavy atom. The van der Waals surface area contributed by atoms with E-state index in [-0.39, 0.29) is 6.10 Å². The number of ether oxygens (including phenoxy) is 1. The molecule has 2 N–H and O–H groups in total. The van der Waals surface area contributed by atoms with E-state index in [4.69, 9.17) is 9.73 Å². The summed E-state index contributed by atoms with van der Waals surface area (Å²) in [7, 11) is 0. The van der Waals surface area contributed by atoms with Crippen LogP contribution in [0.2, 0.25) is 0 Å². The number of guanidine groups is 1. The van der Waals surface area contributed by atoms with Gasteiger partial charge in [-0.3, -0.25) is 0 Å². The first kappa shape index (κ1) is 22.1. The van der Waals surface area contributed by atoms with Crippen molar-refractivity contribution in [3.63, 3.8) is 0 Å². The minimum Gasteiger partial charge on any atom is -0.375 e. The molecule has 2 heterocycles. The molecule has 30 heavy (non-hydrogen) atoms. The van der Waals surface area contributed by atoms with Gasteiger partial charge >= 0.3 is 0 Å². The maximum atomic E-state index is 5.64. The van der Waals surface area contributed by atoms with E-state index in [1.54, 1.807) is 0 Å². The highest BCUT2D eigenvalue weighted by molar-refractivity contribution is 5.79. The van der Waals surface area contributed by atoms with Gasteiger partial charge in [0.25, 0.3) is 0 Å². The van der Waals surface area contributed by atoms with Gasteiger partial charge in [-0.25, -0.2) is 9.98 Å². The molecule has 0 radical (unpaired) electrons. The molecule has 6 nitrogen and oxygen atoms in total. The molecule has 2 aromatic rings. The second-order valence-electron chi connectivity index (χ2n) is 8.04. The molecule has 1 saturated heterocycles. The number of hydrogen-bond donors (Lipinski definition) is 2. The quantitative estimate of drug-likeness (QED) is 0.542. The van der Waals surface area contributed by atoms with Crippen LogP contribution in [0.25, 0.3) is 0 Å². The number of benzene rings is 1. The van der Waals surface area contributed by atoms with Crippen molar-refractivity contribution in [3.8, 4) is 0 Å². The van der Waals surface area contributed by atoms with Crippen LogP contribution in [-0.2, 0) is 11.3 Å². The van der Waals surface area contributed by atoms with Crippen molar-refractivity contribution in [2.45, 2.75) is 46.3 Å². The van der Waals surface area contributed by atoms with Gasteiger partial charge < -0.3 is 20.3 Å². The van der Waals surface area contributed by atoms with Gasteiger partial charge in [0.1, 0.15) is 5.82 Å². The summed E-state index contributed by atoms with van der Waals surface area (Å²) in [6.45, 7) is 13.3. The molecule has 0 bridgehead atoms. The van der Waals surface area contributed by atoms with Gasteiger partial charge in [0.05, 0.1) is 19.3 Å². The molecule has 0 spiro atoms. The number of hydrogen-bond acceptors (Lipinski definition) is 4. The predicted molar refractivity (Wildman–Crippen MR) is 124 cm³/mol. The van der Waals surface area contributed by atoms with Gasteiger partial charge in [-0.1, -0.05) is 36.8 Å². The van der Waals surface area contributed by atoms with Crippen LogP contribution in [0, 0.1) is 6.92 Å². The Morgan fingerprint density at radius 1 is 1.27 bits per heavy atom. The summed E-state index contributed by atoms with van der Waals surface area (Å²) in [4.78, 5) is 11.6. The molecular formula is C24H35N5O. The van der Waals surface area contributed by atoms with Crippen molar-refractivity contribution in [2.75, 3.05) is 37.7 Å². The number of aliphatic imine (C=N–C) groups is 1. The Balaban J connectivity index is 1.60. The zero-order valence-electron chi connectivity index (χ0n) is 18.7. The van der Waals surface area contributed by atoms with E-state index in [9.17, 15) is 0 Å². The number of pyridine rings is 1. The fourth-order valence-electron chi connectivity index (χ4n) is 3.53. The van der Waals surface area contributed by atoms with Crippen LogP contribution in [0.1, 0.15) is 43.4 Å². The van der Waals surface area contributed by atoms with E-state index in [0.29, 0.717) is 12.5 Å². The lowest BCUT2D eigenvalue weighted by molar-refractivity contribution is 0.0529. The van der Waals surface area contributed by atoms with E-state index in [2.05, 4.69) is 78.5 Å². The first-order valence-corrected chi connectivity index (χ1v) is 11.0. The van der Waals surface area contributed by atoms with Crippen molar-refractivity contribution < 1.29 is 4.74 Å². The number of nitrogens with one attached hydrogen (secondary N) is 2. The van der Waals surface area contributed by atoms with Crippen molar-refractivity contribution in [3.05, 3.63) is 59.3 Å². The summed E-state index contributed by atoms with van der Waals surface area (Å²) >= 11 is 0. The summed E-state index contributed by atoms with van der Waals surface area (Å²) in [5.74, 6) is 2.25. The minimum atomic E-state index is 0.238. The van der Waals surface area contributed by atoms with Crippen molar-refractivity contribution in [1.29, 1.82) is 0 Å². The average Bonchev–Trinajstić information content (AvgIpc) is 2.76. The monoisotopic (exact) mass is 409 g/mol. The van der Waals surface area contributed by atoms with Crippen LogP contribution in [0.5, 0.6) is 0 Å². The lowest BCUT2D eigenvalue weighted by Crippen LogP contribution is -2.41. The van der Waals surface area contributed by atoms with Crippen LogP contribution in [-0.4, -0.2) is 49.8 Å². The van der Waals surface area contributed by atoms with Crippen molar-refractivity contribution in [1.82, 2.24) is 15.6 Å². The Hall–Kier alpha value is -2.60. The maximum absolute atomic E-state index is 5.64. The first-order chi connectivity index (χ1) is 14.5. The van der Waals surface area contributed by atoms with Crippen LogP contribution in [0.4, 0.5) is 5.82 Å². The third-order valence-corrected chi connectivity index (χ3v) is 5.36. The second-order valence-corrected chi connectivity index (χ2v) is 8.04. The summed E-state index contributed by atoms with van der Waals surface area (Å²) < 4.78 is 5.64. The Labute approximate surface area is 180 Å². The lowest BCUT2D eigenvalue weighted by atomic mass is 10.0. The lowest BCUT2D eigenvalue weighted by Gasteiger charge is -2.32. The Kier molecular flexibility index (Phi) is 8.08.